The number of methoxy groups -OCH3 is 1. The van der Waals surface area contributed by atoms with E-state index in [1.54, 1.807) is 20.8 Å². The van der Waals surface area contributed by atoms with Crippen LogP contribution in [0.2, 0.25) is 0 Å². The molecular formula is C11H19F2NO3. The SMILES string of the molecule is COC[C@@H]1CC(F)(F)CN1C(=O)OC(C)(C)C. The van der Waals surface area contributed by atoms with Gasteiger partial charge in [0.05, 0.1) is 19.2 Å². The fourth-order valence-electron chi connectivity index (χ4n) is 1.77. The lowest BCUT2D eigenvalue weighted by molar-refractivity contribution is -0.00313. The van der Waals surface area contributed by atoms with Gasteiger partial charge >= 0.3 is 6.09 Å². The van der Waals surface area contributed by atoms with Gasteiger partial charge in [-0.15, -0.1) is 0 Å². The van der Waals surface area contributed by atoms with Crippen molar-refractivity contribution in [1.29, 1.82) is 0 Å². The Morgan fingerprint density at radius 1 is 1.47 bits per heavy atom. The highest BCUT2D eigenvalue weighted by Gasteiger charge is 2.48. The lowest BCUT2D eigenvalue weighted by Gasteiger charge is -2.27. The molecule has 1 aliphatic heterocycles. The Bertz CT molecular complexity index is 289. The molecule has 0 radical (unpaired) electrons. The maximum absolute atomic E-state index is 13.3. The van der Waals surface area contributed by atoms with Gasteiger partial charge in [0.25, 0.3) is 5.92 Å². The first-order chi connectivity index (χ1) is 7.64. The molecule has 0 aromatic heterocycles. The number of amides is 1. The molecule has 1 saturated heterocycles. The van der Waals surface area contributed by atoms with Crippen LogP contribution in [0.4, 0.5) is 13.6 Å². The molecule has 0 bridgehead atoms. The Kier molecular flexibility index (Phi) is 3.96. The second-order valence-electron chi connectivity index (χ2n) is 5.28. The van der Waals surface area contributed by atoms with Crippen LogP contribution in [0.3, 0.4) is 0 Å². The Morgan fingerprint density at radius 3 is 2.53 bits per heavy atom. The molecule has 1 rings (SSSR count). The number of ether oxygens (including phenoxy) is 2. The number of carbonyl (C=O) groups is 1. The third-order valence-corrected chi connectivity index (χ3v) is 2.36. The van der Waals surface area contributed by atoms with E-state index < -0.39 is 30.2 Å². The first-order valence-corrected chi connectivity index (χ1v) is 5.51. The molecule has 0 aromatic rings. The Balaban J connectivity index is 2.70. The van der Waals surface area contributed by atoms with Crippen molar-refractivity contribution >= 4 is 6.09 Å². The van der Waals surface area contributed by atoms with E-state index in [0.717, 1.165) is 4.90 Å². The van der Waals surface area contributed by atoms with Crippen molar-refractivity contribution in [2.24, 2.45) is 0 Å². The van der Waals surface area contributed by atoms with Gasteiger partial charge in [-0.05, 0) is 20.8 Å². The smallest absolute Gasteiger partial charge is 0.410 e. The topological polar surface area (TPSA) is 38.8 Å². The third kappa shape index (κ3) is 4.11. The summed E-state index contributed by atoms with van der Waals surface area (Å²) in [5.74, 6) is -2.86. The van der Waals surface area contributed by atoms with Crippen molar-refractivity contribution in [2.75, 3.05) is 20.3 Å². The average Bonchev–Trinajstić information content (AvgIpc) is 2.39. The van der Waals surface area contributed by atoms with Gasteiger partial charge in [0.1, 0.15) is 5.60 Å². The summed E-state index contributed by atoms with van der Waals surface area (Å²) >= 11 is 0. The van der Waals surface area contributed by atoms with Crippen molar-refractivity contribution in [3.63, 3.8) is 0 Å². The largest absolute Gasteiger partial charge is 0.444 e. The monoisotopic (exact) mass is 251 g/mol. The van der Waals surface area contributed by atoms with E-state index >= 15 is 0 Å². The summed E-state index contributed by atoms with van der Waals surface area (Å²) in [5.41, 5.74) is -0.688. The molecule has 4 nitrogen and oxygen atoms in total. The number of carbonyl (C=O) groups excluding carboxylic acids is 1. The normalized spacial score (nSPS) is 23.9. The summed E-state index contributed by atoms with van der Waals surface area (Å²) in [6.07, 6.45) is -1.09. The summed E-state index contributed by atoms with van der Waals surface area (Å²) in [5, 5.41) is 0. The zero-order chi connectivity index (χ0) is 13.3. The third-order valence-electron chi connectivity index (χ3n) is 2.36. The van der Waals surface area contributed by atoms with Crippen LogP contribution in [-0.2, 0) is 9.47 Å². The first kappa shape index (κ1) is 14.2. The van der Waals surface area contributed by atoms with Crippen LogP contribution in [0.25, 0.3) is 0 Å². The van der Waals surface area contributed by atoms with Gasteiger partial charge in [0.15, 0.2) is 0 Å². The summed E-state index contributed by atoms with van der Waals surface area (Å²) in [6, 6.07) is -0.621. The molecule has 0 unspecified atom stereocenters. The molecule has 1 atom stereocenters. The number of hydrogen-bond donors (Lipinski definition) is 0. The quantitative estimate of drug-likeness (QED) is 0.755. The maximum Gasteiger partial charge on any atom is 0.410 e. The van der Waals surface area contributed by atoms with Crippen LogP contribution in [0.15, 0.2) is 0 Å². The molecule has 0 saturated carbocycles. The maximum atomic E-state index is 13.3. The van der Waals surface area contributed by atoms with Gasteiger partial charge < -0.3 is 9.47 Å². The molecule has 0 spiro atoms. The van der Waals surface area contributed by atoms with E-state index in [-0.39, 0.29) is 13.0 Å². The van der Waals surface area contributed by atoms with Gasteiger partial charge in [-0.2, -0.15) is 0 Å². The van der Waals surface area contributed by atoms with E-state index in [2.05, 4.69) is 0 Å². The molecule has 1 amide bonds. The van der Waals surface area contributed by atoms with E-state index in [1.165, 1.54) is 7.11 Å². The average molecular weight is 251 g/mol. The summed E-state index contributed by atoms with van der Waals surface area (Å²) in [6.45, 7) is 4.59. The van der Waals surface area contributed by atoms with Crippen LogP contribution < -0.4 is 0 Å². The van der Waals surface area contributed by atoms with Gasteiger partial charge in [-0.1, -0.05) is 0 Å². The lowest BCUT2D eigenvalue weighted by atomic mass is 10.2. The number of halogens is 2. The number of nitrogens with zero attached hydrogens (tertiary/aromatic N) is 1. The summed E-state index contributed by atoms with van der Waals surface area (Å²) in [7, 11) is 1.42. The molecule has 100 valence electrons. The van der Waals surface area contributed by atoms with Gasteiger partial charge in [-0.25, -0.2) is 13.6 Å². The molecule has 0 aromatic carbocycles. The molecule has 17 heavy (non-hydrogen) atoms. The van der Waals surface area contributed by atoms with E-state index in [1.807, 2.05) is 0 Å². The van der Waals surface area contributed by atoms with Crippen LogP contribution in [0.5, 0.6) is 0 Å². The van der Waals surface area contributed by atoms with Crippen molar-refractivity contribution in [2.45, 2.75) is 44.8 Å². The minimum Gasteiger partial charge on any atom is -0.444 e. The molecule has 1 heterocycles. The van der Waals surface area contributed by atoms with Crippen molar-refractivity contribution in [1.82, 2.24) is 4.90 Å². The van der Waals surface area contributed by atoms with Crippen molar-refractivity contribution in [3.8, 4) is 0 Å². The number of likely N-dealkylation sites (tertiary alicyclic amines) is 1. The number of alkyl halides is 2. The standard InChI is InChI=1S/C11H19F2NO3/c1-10(2,3)17-9(15)14-7-11(12,13)5-8(14)6-16-4/h8H,5-7H2,1-4H3/t8-/m0/s1. The lowest BCUT2D eigenvalue weighted by Crippen LogP contribution is -2.42. The molecule has 6 heteroatoms. The second-order valence-corrected chi connectivity index (χ2v) is 5.28. The van der Waals surface area contributed by atoms with Crippen LogP contribution in [0, 0.1) is 0 Å². The molecular weight excluding hydrogens is 232 g/mol. The van der Waals surface area contributed by atoms with Crippen LogP contribution in [-0.4, -0.2) is 48.8 Å². The van der Waals surface area contributed by atoms with Gasteiger partial charge in [0.2, 0.25) is 0 Å². The zero-order valence-electron chi connectivity index (χ0n) is 10.6. The second kappa shape index (κ2) is 4.76. The van der Waals surface area contributed by atoms with E-state index in [0.29, 0.717) is 0 Å². The van der Waals surface area contributed by atoms with Crippen LogP contribution in [0.1, 0.15) is 27.2 Å². The van der Waals surface area contributed by atoms with E-state index in [9.17, 15) is 13.6 Å². The van der Waals surface area contributed by atoms with Crippen molar-refractivity contribution < 1.29 is 23.0 Å². The summed E-state index contributed by atoms with van der Waals surface area (Å²) < 4.78 is 36.4. The fraction of sp³-hybridized carbons (Fsp3) is 0.909. The minimum absolute atomic E-state index is 0.0921. The highest BCUT2D eigenvalue weighted by molar-refractivity contribution is 5.69. The molecule has 1 fully saturated rings. The van der Waals surface area contributed by atoms with E-state index in [4.69, 9.17) is 9.47 Å². The first-order valence-electron chi connectivity index (χ1n) is 5.51. The fourth-order valence-corrected chi connectivity index (χ4v) is 1.77. The number of hydrogen-bond acceptors (Lipinski definition) is 3. The molecule has 1 aliphatic rings. The van der Waals surface area contributed by atoms with Gasteiger partial charge in [-0.3, -0.25) is 4.90 Å². The Hall–Kier alpha value is -0.910. The Morgan fingerprint density at radius 2 is 2.06 bits per heavy atom. The highest BCUT2D eigenvalue weighted by Crippen LogP contribution is 2.33. The molecule has 0 N–H and O–H groups in total. The predicted molar refractivity (Wildman–Crippen MR) is 58.2 cm³/mol. The van der Waals surface area contributed by atoms with Gasteiger partial charge in [0, 0.05) is 13.5 Å². The highest BCUT2D eigenvalue weighted by atomic mass is 19.3. The minimum atomic E-state index is -2.86. The Labute approximate surface area is 99.9 Å². The predicted octanol–water partition coefficient (Wildman–Crippen LogP) is 2.28. The zero-order valence-corrected chi connectivity index (χ0v) is 10.6. The van der Waals surface area contributed by atoms with Crippen LogP contribution >= 0.6 is 0 Å². The number of rotatable bonds is 2. The van der Waals surface area contributed by atoms with Crippen molar-refractivity contribution in [3.05, 3.63) is 0 Å². The summed E-state index contributed by atoms with van der Waals surface area (Å²) in [4.78, 5) is 12.8. The molecule has 0 aliphatic carbocycles.